The fourth-order valence-corrected chi connectivity index (χ4v) is 1.91. The molecule has 0 aliphatic carbocycles. The fourth-order valence-electron chi connectivity index (χ4n) is 1.91. The van der Waals surface area contributed by atoms with Gasteiger partial charge in [0.1, 0.15) is 5.56 Å². The minimum absolute atomic E-state index is 0.193. The smallest absolute Gasteiger partial charge is 0.345 e. The van der Waals surface area contributed by atoms with Gasteiger partial charge in [0.05, 0.1) is 4.92 Å². The molecule has 1 amide bonds. The third kappa shape index (κ3) is 4.13. The van der Waals surface area contributed by atoms with Crippen LogP contribution in [-0.4, -0.2) is 23.4 Å². The van der Waals surface area contributed by atoms with Crippen LogP contribution in [0.25, 0.3) is 0 Å². The van der Waals surface area contributed by atoms with E-state index in [0.29, 0.717) is 5.69 Å². The molecule has 0 radical (unpaired) electrons. The number of anilines is 1. The van der Waals surface area contributed by atoms with Gasteiger partial charge in [0.25, 0.3) is 11.6 Å². The maximum atomic E-state index is 11.9. The first-order valence-electron chi connectivity index (χ1n) is 6.75. The van der Waals surface area contributed by atoms with Gasteiger partial charge in [-0.15, -0.1) is 0 Å². The summed E-state index contributed by atoms with van der Waals surface area (Å²) in [5.41, 5.74) is 0.920. The zero-order valence-electron chi connectivity index (χ0n) is 12.3. The molecule has 2 rings (SSSR count). The predicted octanol–water partition coefficient (Wildman–Crippen LogP) is 2.70. The molecule has 0 bridgehead atoms. The molecule has 7 nitrogen and oxygen atoms in total. The van der Waals surface area contributed by atoms with Crippen LogP contribution >= 0.6 is 0 Å². The minimum Gasteiger partial charge on any atom is -0.452 e. The van der Waals surface area contributed by atoms with Crippen LogP contribution in [0.5, 0.6) is 0 Å². The third-order valence-electron chi connectivity index (χ3n) is 3.07. The van der Waals surface area contributed by atoms with E-state index in [-0.39, 0.29) is 11.3 Å². The number of amides is 1. The van der Waals surface area contributed by atoms with Gasteiger partial charge in [-0.3, -0.25) is 14.9 Å². The summed E-state index contributed by atoms with van der Waals surface area (Å²) < 4.78 is 4.84. The number of esters is 1. The standard InChI is InChI=1S/C16H14N2O5/c1-11-6-2-4-8-13(11)17-15(19)10-23-16(20)12-7-3-5-9-14(12)18(21)22/h2-9H,10H2,1H3,(H,17,19). The van der Waals surface area contributed by atoms with Crippen LogP contribution in [0.15, 0.2) is 48.5 Å². The van der Waals surface area contributed by atoms with E-state index in [1.54, 1.807) is 12.1 Å². The number of nitro groups is 1. The first-order valence-corrected chi connectivity index (χ1v) is 6.75. The molecule has 23 heavy (non-hydrogen) atoms. The summed E-state index contributed by atoms with van der Waals surface area (Å²) in [4.78, 5) is 33.9. The molecular weight excluding hydrogens is 300 g/mol. The van der Waals surface area contributed by atoms with Gasteiger partial charge >= 0.3 is 5.97 Å². The second-order valence-corrected chi connectivity index (χ2v) is 4.71. The van der Waals surface area contributed by atoms with Gasteiger partial charge in [-0.2, -0.15) is 0 Å². The van der Waals surface area contributed by atoms with Gasteiger partial charge in [0.15, 0.2) is 6.61 Å². The van der Waals surface area contributed by atoms with Crippen molar-refractivity contribution < 1.29 is 19.2 Å². The number of hydrogen-bond acceptors (Lipinski definition) is 5. The number of rotatable bonds is 5. The Morgan fingerprint density at radius 1 is 1.13 bits per heavy atom. The number of aryl methyl sites for hydroxylation is 1. The lowest BCUT2D eigenvalue weighted by Gasteiger charge is -2.08. The first kappa shape index (κ1) is 16.2. The summed E-state index contributed by atoms with van der Waals surface area (Å²) in [7, 11) is 0. The summed E-state index contributed by atoms with van der Waals surface area (Å²) >= 11 is 0. The molecule has 118 valence electrons. The number of ether oxygens (including phenoxy) is 1. The predicted molar refractivity (Wildman–Crippen MR) is 83.2 cm³/mol. The molecule has 0 heterocycles. The van der Waals surface area contributed by atoms with Crippen LogP contribution in [0.2, 0.25) is 0 Å². The van der Waals surface area contributed by atoms with Crippen LogP contribution in [0.1, 0.15) is 15.9 Å². The highest BCUT2D eigenvalue weighted by Crippen LogP contribution is 2.18. The van der Waals surface area contributed by atoms with Gasteiger partial charge in [0, 0.05) is 11.8 Å². The van der Waals surface area contributed by atoms with E-state index in [9.17, 15) is 19.7 Å². The van der Waals surface area contributed by atoms with Crippen molar-refractivity contribution in [1.29, 1.82) is 0 Å². The Bertz CT molecular complexity index is 758. The average molecular weight is 314 g/mol. The third-order valence-corrected chi connectivity index (χ3v) is 3.07. The Morgan fingerprint density at radius 3 is 2.48 bits per heavy atom. The Labute approximate surface area is 132 Å². The van der Waals surface area contributed by atoms with Crippen molar-refractivity contribution >= 4 is 23.3 Å². The van der Waals surface area contributed by atoms with Crippen molar-refractivity contribution in [3.63, 3.8) is 0 Å². The topological polar surface area (TPSA) is 98.5 Å². The second-order valence-electron chi connectivity index (χ2n) is 4.71. The first-order chi connectivity index (χ1) is 11.0. The zero-order valence-corrected chi connectivity index (χ0v) is 12.3. The number of carbonyl (C=O) groups excluding carboxylic acids is 2. The molecule has 0 aliphatic rings. The lowest BCUT2D eigenvalue weighted by atomic mass is 10.2. The molecule has 2 aromatic rings. The second kappa shape index (κ2) is 7.17. The Balaban J connectivity index is 1.98. The maximum Gasteiger partial charge on any atom is 0.345 e. The number of para-hydroxylation sites is 2. The highest BCUT2D eigenvalue weighted by molar-refractivity contribution is 5.97. The van der Waals surface area contributed by atoms with Crippen molar-refractivity contribution in [1.82, 2.24) is 0 Å². The van der Waals surface area contributed by atoms with Crippen molar-refractivity contribution in [2.24, 2.45) is 0 Å². The molecule has 0 aliphatic heterocycles. The van der Waals surface area contributed by atoms with Crippen LogP contribution in [0.3, 0.4) is 0 Å². The molecular formula is C16H14N2O5. The summed E-state index contributed by atoms with van der Waals surface area (Å²) in [6.45, 7) is 1.30. The molecule has 7 heteroatoms. The summed E-state index contributed by atoms with van der Waals surface area (Å²) in [5.74, 6) is -1.44. The lowest BCUT2D eigenvalue weighted by Crippen LogP contribution is -2.21. The van der Waals surface area contributed by atoms with E-state index in [2.05, 4.69) is 5.32 Å². The number of nitro benzene ring substituents is 1. The highest BCUT2D eigenvalue weighted by Gasteiger charge is 2.21. The molecule has 0 unspecified atom stereocenters. The number of benzene rings is 2. The SMILES string of the molecule is Cc1ccccc1NC(=O)COC(=O)c1ccccc1[N+](=O)[O-]. The van der Waals surface area contributed by atoms with Gasteiger partial charge in [-0.1, -0.05) is 30.3 Å². The molecule has 0 saturated heterocycles. The largest absolute Gasteiger partial charge is 0.452 e. The van der Waals surface area contributed by atoms with E-state index in [4.69, 9.17) is 4.74 Å². The van der Waals surface area contributed by atoms with E-state index >= 15 is 0 Å². The summed E-state index contributed by atoms with van der Waals surface area (Å²) in [6.07, 6.45) is 0. The molecule has 1 N–H and O–H groups in total. The van der Waals surface area contributed by atoms with Crippen molar-refractivity contribution in [3.05, 3.63) is 69.8 Å². The van der Waals surface area contributed by atoms with Gasteiger partial charge in [-0.05, 0) is 24.6 Å². The van der Waals surface area contributed by atoms with Crippen LogP contribution in [0, 0.1) is 17.0 Å². The number of nitrogens with zero attached hydrogens (tertiary/aromatic N) is 1. The molecule has 0 aromatic heterocycles. The average Bonchev–Trinajstić information content (AvgIpc) is 2.54. The monoisotopic (exact) mass is 314 g/mol. The molecule has 2 aromatic carbocycles. The van der Waals surface area contributed by atoms with Crippen LogP contribution in [-0.2, 0) is 9.53 Å². The van der Waals surface area contributed by atoms with E-state index in [1.807, 2.05) is 19.1 Å². The molecule has 0 atom stereocenters. The van der Waals surface area contributed by atoms with Crippen LogP contribution in [0.4, 0.5) is 11.4 Å². The van der Waals surface area contributed by atoms with Gasteiger partial charge in [-0.25, -0.2) is 4.79 Å². The molecule has 0 spiro atoms. The fraction of sp³-hybridized carbons (Fsp3) is 0.125. The Morgan fingerprint density at radius 2 is 1.78 bits per heavy atom. The number of carbonyl (C=O) groups is 2. The summed E-state index contributed by atoms with van der Waals surface area (Å²) in [6, 6.07) is 12.5. The number of hydrogen-bond donors (Lipinski definition) is 1. The number of nitrogens with one attached hydrogen (secondary N) is 1. The van der Waals surface area contributed by atoms with E-state index in [0.717, 1.165) is 5.56 Å². The van der Waals surface area contributed by atoms with Crippen LogP contribution < -0.4 is 5.32 Å². The zero-order chi connectivity index (χ0) is 16.8. The van der Waals surface area contributed by atoms with Crippen molar-refractivity contribution in [2.75, 3.05) is 11.9 Å². The minimum atomic E-state index is -0.919. The Kier molecular flexibility index (Phi) is 5.03. The lowest BCUT2D eigenvalue weighted by molar-refractivity contribution is -0.385. The highest BCUT2D eigenvalue weighted by atomic mass is 16.6. The molecule has 0 fully saturated rings. The van der Waals surface area contributed by atoms with E-state index in [1.165, 1.54) is 24.3 Å². The molecule has 0 saturated carbocycles. The quantitative estimate of drug-likeness (QED) is 0.519. The van der Waals surface area contributed by atoms with Gasteiger partial charge in [0.2, 0.25) is 0 Å². The van der Waals surface area contributed by atoms with E-state index < -0.39 is 23.4 Å². The maximum absolute atomic E-state index is 11.9. The van der Waals surface area contributed by atoms with Crippen molar-refractivity contribution in [2.45, 2.75) is 6.92 Å². The Hall–Kier alpha value is -3.22. The normalized spacial score (nSPS) is 9.96. The summed E-state index contributed by atoms with van der Waals surface area (Å²) in [5, 5.41) is 13.5. The van der Waals surface area contributed by atoms with Gasteiger partial charge < -0.3 is 10.1 Å². The van der Waals surface area contributed by atoms with Crippen molar-refractivity contribution in [3.8, 4) is 0 Å².